The number of hydrogen-bond acceptors (Lipinski definition) is 2. The molecule has 1 unspecified atom stereocenters. The maximum Gasteiger partial charge on any atom is 0.227 e. The molecular weight excluding hydrogens is 360 g/mol. The maximum absolute atomic E-state index is 12.5. The Kier molecular flexibility index (Phi) is 5.85. The molecule has 4 nitrogen and oxygen atoms in total. The average molecular weight is 385 g/mol. The number of carbonyl (C=O) groups is 2. The highest BCUT2D eigenvalue weighted by molar-refractivity contribution is 6.30. The number of rotatable bonds is 5. The zero-order valence-corrected chi connectivity index (χ0v) is 16.8. The number of benzene rings is 2. The van der Waals surface area contributed by atoms with Crippen LogP contribution in [0.3, 0.4) is 0 Å². The summed E-state index contributed by atoms with van der Waals surface area (Å²) < 4.78 is 0. The molecule has 0 aromatic heterocycles. The lowest BCUT2D eigenvalue weighted by atomic mass is 10.0. The predicted octanol–water partition coefficient (Wildman–Crippen LogP) is 3.98. The van der Waals surface area contributed by atoms with Crippen LogP contribution in [0.4, 0.5) is 5.69 Å². The SMILES string of the molecule is Cc1cc(C)c(N2CC(C(=O)NCCc3ccc(Cl)cc3)CC2=O)c(C)c1. The molecule has 1 heterocycles. The van der Waals surface area contributed by atoms with Gasteiger partial charge in [-0.25, -0.2) is 0 Å². The van der Waals surface area contributed by atoms with Crippen LogP contribution in [0.5, 0.6) is 0 Å². The number of carbonyl (C=O) groups excluding carboxylic acids is 2. The van der Waals surface area contributed by atoms with E-state index >= 15 is 0 Å². The van der Waals surface area contributed by atoms with Crippen LogP contribution in [-0.4, -0.2) is 24.9 Å². The molecule has 1 saturated heterocycles. The van der Waals surface area contributed by atoms with Crippen LogP contribution in [0.1, 0.15) is 28.7 Å². The summed E-state index contributed by atoms with van der Waals surface area (Å²) in [6.45, 7) is 7.07. The van der Waals surface area contributed by atoms with E-state index in [9.17, 15) is 9.59 Å². The summed E-state index contributed by atoms with van der Waals surface area (Å²) >= 11 is 5.88. The van der Waals surface area contributed by atoms with Gasteiger partial charge >= 0.3 is 0 Å². The van der Waals surface area contributed by atoms with Gasteiger partial charge < -0.3 is 10.2 Å². The minimum absolute atomic E-state index is 0.0166. The Morgan fingerprint density at radius 2 is 1.78 bits per heavy atom. The van der Waals surface area contributed by atoms with Gasteiger partial charge in [0.15, 0.2) is 0 Å². The number of amides is 2. The zero-order chi connectivity index (χ0) is 19.6. The van der Waals surface area contributed by atoms with E-state index in [0.717, 1.165) is 28.8 Å². The Balaban J connectivity index is 1.60. The first kappa shape index (κ1) is 19.4. The van der Waals surface area contributed by atoms with Gasteiger partial charge in [-0.05, 0) is 56.0 Å². The molecule has 1 fully saturated rings. The van der Waals surface area contributed by atoms with E-state index in [1.807, 2.05) is 45.0 Å². The second kappa shape index (κ2) is 8.13. The average Bonchev–Trinajstić information content (AvgIpc) is 2.97. The van der Waals surface area contributed by atoms with E-state index in [4.69, 9.17) is 11.6 Å². The van der Waals surface area contributed by atoms with E-state index in [1.54, 1.807) is 4.90 Å². The van der Waals surface area contributed by atoms with Crippen molar-refractivity contribution in [2.24, 2.45) is 5.92 Å². The van der Waals surface area contributed by atoms with E-state index < -0.39 is 0 Å². The van der Waals surface area contributed by atoms with Gasteiger partial charge in [-0.1, -0.05) is 41.4 Å². The van der Waals surface area contributed by atoms with Crippen molar-refractivity contribution in [3.8, 4) is 0 Å². The third kappa shape index (κ3) is 4.51. The molecular formula is C22H25ClN2O2. The molecule has 2 aromatic carbocycles. The third-order valence-corrected chi connectivity index (χ3v) is 5.28. The monoisotopic (exact) mass is 384 g/mol. The minimum atomic E-state index is -0.303. The number of halogens is 1. The molecule has 1 N–H and O–H groups in total. The minimum Gasteiger partial charge on any atom is -0.355 e. The molecule has 142 valence electrons. The van der Waals surface area contributed by atoms with Crippen molar-refractivity contribution < 1.29 is 9.59 Å². The Labute approximate surface area is 165 Å². The van der Waals surface area contributed by atoms with Gasteiger partial charge in [0.05, 0.1) is 5.92 Å². The van der Waals surface area contributed by atoms with E-state index in [0.29, 0.717) is 18.1 Å². The molecule has 1 aliphatic rings. The molecule has 5 heteroatoms. The van der Waals surface area contributed by atoms with Gasteiger partial charge in [0.2, 0.25) is 11.8 Å². The maximum atomic E-state index is 12.5. The molecule has 0 saturated carbocycles. The summed E-state index contributed by atoms with van der Waals surface area (Å²) in [4.78, 5) is 26.8. The van der Waals surface area contributed by atoms with Gasteiger partial charge in [0.1, 0.15) is 0 Å². The molecule has 1 atom stereocenters. The van der Waals surface area contributed by atoms with Crippen molar-refractivity contribution in [3.05, 3.63) is 63.7 Å². The summed E-state index contributed by atoms with van der Waals surface area (Å²) in [7, 11) is 0. The fourth-order valence-electron chi connectivity index (χ4n) is 3.82. The first-order valence-electron chi connectivity index (χ1n) is 9.25. The highest BCUT2D eigenvalue weighted by Gasteiger charge is 2.36. The van der Waals surface area contributed by atoms with Crippen LogP contribution in [0.25, 0.3) is 0 Å². The quantitative estimate of drug-likeness (QED) is 0.847. The Morgan fingerprint density at radius 3 is 2.41 bits per heavy atom. The van der Waals surface area contributed by atoms with Gasteiger partial charge in [-0.2, -0.15) is 0 Å². The van der Waals surface area contributed by atoms with Crippen molar-refractivity contribution in [2.75, 3.05) is 18.0 Å². The standard InChI is InChI=1S/C22H25ClN2O2/c1-14-10-15(2)21(16(3)11-14)25-13-18(12-20(25)26)22(27)24-9-8-17-4-6-19(23)7-5-17/h4-7,10-11,18H,8-9,12-13H2,1-3H3,(H,24,27). The van der Waals surface area contributed by atoms with Gasteiger partial charge in [-0.15, -0.1) is 0 Å². The molecule has 2 amide bonds. The second-order valence-corrected chi connectivity index (χ2v) is 7.76. The third-order valence-electron chi connectivity index (χ3n) is 5.03. The summed E-state index contributed by atoms with van der Waals surface area (Å²) in [5.74, 6) is -0.340. The summed E-state index contributed by atoms with van der Waals surface area (Å²) in [6.07, 6.45) is 1.00. The lowest BCUT2D eigenvalue weighted by molar-refractivity contribution is -0.126. The van der Waals surface area contributed by atoms with Crippen molar-refractivity contribution in [2.45, 2.75) is 33.6 Å². The number of nitrogens with one attached hydrogen (secondary N) is 1. The molecule has 1 aliphatic heterocycles. The summed E-state index contributed by atoms with van der Waals surface area (Å²) in [5.41, 5.74) is 5.39. The Morgan fingerprint density at radius 1 is 1.15 bits per heavy atom. The van der Waals surface area contributed by atoms with Crippen molar-refractivity contribution in [3.63, 3.8) is 0 Å². The van der Waals surface area contributed by atoms with Gasteiger partial charge in [0.25, 0.3) is 0 Å². The van der Waals surface area contributed by atoms with Crippen LogP contribution < -0.4 is 10.2 Å². The normalized spacial score (nSPS) is 16.7. The molecule has 0 aliphatic carbocycles. The number of aryl methyl sites for hydroxylation is 3. The summed E-state index contributed by atoms with van der Waals surface area (Å²) in [6, 6.07) is 11.8. The first-order chi connectivity index (χ1) is 12.8. The first-order valence-corrected chi connectivity index (χ1v) is 9.63. The van der Waals surface area contributed by atoms with Crippen LogP contribution in [-0.2, 0) is 16.0 Å². The highest BCUT2D eigenvalue weighted by Crippen LogP contribution is 2.31. The van der Waals surface area contributed by atoms with Crippen molar-refractivity contribution >= 4 is 29.1 Å². The van der Waals surface area contributed by atoms with Crippen molar-refractivity contribution in [1.82, 2.24) is 5.32 Å². The molecule has 0 bridgehead atoms. The lowest BCUT2D eigenvalue weighted by Crippen LogP contribution is -2.34. The second-order valence-electron chi connectivity index (χ2n) is 7.32. The molecule has 27 heavy (non-hydrogen) atoms. The van der Waals surface area contributed by atoms with E-state index in [1.165, 1.54) is 5.56 Å². The zero-order valence-electron chi connectivity index (χ0n) is 16.0. The van der Waals surface area contributed by atoms with Crippen LogP contribution in [0, 0.1) is 26.7 Å². The van der Waals surface area contributed by atoms with Crippen LogP contribution in [0.15, 0.2) is 36.4 Å². The number of hydrogen-bond donors (Lipinski definition) is 1. The highest BCUT2D eigenvalue weighted by atomic mass is 35.5. The fourth-order valence-corrected chi connectivity index (χ4v) is 3.95. The van der Waals surface area contributed by atoms with Gasteiger partial charge in [-0.3, -0.25) is 9.59 Å². The Hall–Kier alpha value is -2.33. The molecule has 3 rings (SSSR count). The largest absolute Gasteiger partial charge is 0.355 e. The van der Waals surface area contributed by atoms with Crippen LogP contribution in [0.2, 0.25) is 5.02 Å². The van der Waals surface area contributed by atoms with E-state index in [-0.39, 0.29) is 24.2 Å². The fraction of sp³-hybridized carbons (Fsp3) is 0.364. The number of nitrogens with zero attached hydrogens (tertiary/aromatic N) is 1. The van der Waals surface area contributed by atoms with Crippen LogP contribution >= 0.6 is 11.6 Å². The Bertz CT molecular complexity index is 838. The van der Waals surface area contributed by atoms with Crippen molar-refractivity contribution in [1.29, 1.82) is 0 Å². The summed E-state index contributed by atoms with van der Waals surface area (Å²) in [5, 5.41) is 3.67. The smallest absolute Gasteiger partial charge is 0.227 e. The molecule has 0 spiro atoms. The molecule has 0 radical (unpaired) electrons. The predicted molar refractivity (Wildman–Crippen MR) is 109 cm³/mol. The van der Waals surface area contributed by atoms with E-state index in [2.05, 4.69) is 17.4 Å². The lowest BCUT2D eigenvalue weighted by Gasteiger charge is -2.22. The number of anilines is 1. The molecule has 2 aromatic rings. The van der Waals surface area contributed by atoms with Gasteiger partial charge in [0, 0.05) is 30.2 Å². The topological polar surface area (TPSA) is 49.4 Å².